The lowest BCUT2D eigenvalue weighted by Crippen LogP contribution is -2.21. The Morgan fingerprint density at radius 1 is 1.04 bits per heavy atom. The second kappa shape index (κ2) is 9.68. The number of esters is 1. The fraction of sp³-hybridized carbons (Fsp3) is 0.263. The van der Waals surface area contributed by atoms with E-state index in [0.29, 0.717) is 34.6 Å². The maximum atomic E-state index is 12.2. The molecule has 1 N–H and O–H groups in total. The molecule has 8 heteroatoms. The van der Waals surface area contributed by atoms with Crippen molar-refractivity contribution in [2.75, 3.05) is 32.8 Å². The number of anilines is 1. The second-order valence-electron chi connectivity index (χ2n) is 5.24. The number of hydrogen-bond donors (Lipinski definition) is 1. The third-order valence-corrected chi connectivity index (χ3v) is 3.78. The number of nitrogens with one attached hydrogen (secondary N) is 1. The topological polar surface area (TPSA) is 83.1 Å². The first-order chi connectivity index (χ1) is 13.0. The van der Waals surface area contributed by atoms with Crippen LogP contribution >= 0.6 is 11.6 Å². The molecular formula is C19H20ClNO6. The number of hydrogen-bond acceptors (Lipinski definition) is 6. The molecule has 0 unspecified atom stereocenters. The van der Waals surface area contributed by atoms with Crippen LogP contribution in [0.3, 0.4) is 0 Å². The molecule has 0 fully saturated rings. The van der Waals surface area contributed by atoms with Crippen LogP contribution in [0.1, 0.15) is 17.3 Å². The second-order valence-corrected chi connectivity index (χ2v) is 5.65. The number of carbonyl (C=O) groups is 2. The van der Waals surface area contributed by atoms with Crippen molar-refractivity contribution in [1.82, 2.24) is 0 Å². The van der Waals surface area contributed by atoms with E-state index in [2.05, 4.69) is 5.32 Å². The molecule has 0 aliphatic heterocycles. The Labute approximate surface area is 162 Å². The average molecular weight is 394 g/mol. The zero-order valence-electron chi connectivity index (χ0n) is 15.2. The standard InChI is InChI=1S/C19H20ClNO6/c1-4-26-15-8-6-5-7-12(15)19(23)27-11-18(22)21-14-9-13(20)16(24-2)10-17(14)25-3/h5-10H,4,11H2,1-3H3,(H,21,22). The molecule has 0 aromatic heterocycles. The van der Waals surface area contributed by atoms with E-state index in [1.54, 1.807) is 30.3 Å². The van der Waals surface area contributed by atoms with Gasteiger partial charge < -0.3 is 24.3 Å². The van der Waals surface area contributed by atoms with E-state index in [1.807, 2.05) is 6.92 Å². The summed E-state index contributed by atoms with van der Waals surface area (Å²) in [5.41, 5.74) is 0.580. The van der Waals surface area contributed by atoms with Crippen LogP contribution in [0.25, 0.3) is 0 Å². The van der Waals surface area contributed by atoms with Crippen LogP contribution in [0.15, 0.2) is 36.4 Å². The quantitative estimate of drug-likeness (QED) is 0.690. The molecule has 144 valence electrons. The molecule has 2 rings (SSSR count). The van der Waals surface area contributed by atoms with E-state index in [9.17, 15) is 9.59 Å². The van der Waals surface area contributed by atoms with Gasteiger partial charge in [0.25, 0.3) is 5.91 Å². The van der Waals surface area contributed by atoms with Gasteiger partial charge in [-0.3, -0.25) is 4.79 Å². The van der Waals surface area contributed by atoms with Gasteiger partial charge in [0.2, 0.25) is 0 Å². The van der Waals surface area contributed by atoms with Gasteiger partial charge >= 0.3 is 5.97 Å². The van der Waals surface area contributed by atoms with Crippen molar-refractivity contribution < 1.29 is 28.5 Å². The largest absolute Gasteiger partial charge is 0.495 e. The Hall–Kier alpha value is -2.93. The van der Waals surface area contributed by atoms with E-state index in [0.717, 1.165) is 0 Å². The highest BCUT2D eigenvalue weighted by Gasteiger charge is 2.17. The Bertz CT molecular complexity index is 824. The number of carbonyl (C=O) groups excluding carboxylic acids is 2. The third-order valence-electron chi connectivity index (χ3n) is 3.49. The van der Waals surface area contributed by atoms with Crippen molar-refractivity contribution >= 4 is 29.2 Å². The highest BCUT2D eigenvalue weighted by Crippen LogP contribution is 2.35. The zero-order valence-corrected chi connectivity index (χ0v) is 16.0. The van der Waals surface area contributed by atoms with Gasteiger partial charge in [-0.2, -0.15) is 0 Å². The number of benzene rings is 2. The first-order valence-corrected chi connectivity index (χ1v) is 8.48. The number of methoxy groups -OCH3 is 2. The molecule has 0 saturated heterocycles. The summed E-state index contributed by atoms with van der Waals surface area (Å²) in [5.74, 6) is -0.0391. The molecule has 0 heterocycles. The first kappa shape index (κ1) is 20.4. The van der Waals surface area contributed by atoms with Crippen molar-refractivity contribution in [1.29, 1.82) is 0 Å². The first-order valence-electron chi connectivity index (χ1n) is 8.10. The molecule has 2 aromatic carbocycles. The van der Waals surface area contributed by atoms with Gasteiger partial charge in [-0.05, 0) is 25.1 Å². The van der Waals surface area contributed by atoms with E-state index in [1.165, 1.54) is 20.3 Å². The summed E-state index contributed by atoms with van der Waals surface area (Å²) >= 11 is 6.07. The molecule has 0 saturated carbocycles. The van der Waals surface area contributed by atoms with Gasteiger partial charge in [0, 0.05) is 6.07 Å². The third kappa shape index (κ3) is 5.27. The van der Waals surface area contributed by atoms with Crippen LogP contribution in [-0.2, 0) is 9.53 Å². The number of para-hydroxylation sites is 1. The maximum absolute atomic E-state index is 12.2. The summed E-state index contributed by atoms with van der Waals surface area (Å²) in [7, 11) is 2.92. The molecular weight excluding hydrogens is 374 g/mol. The van der Waals surface area contributed by atoms with Crippen molar-refractivity contribution in [3.8, 4) is 17.2 Å². The molecule has 7 nitrogen and oxygen atoms in total. The SMILES string of the molecule is CCOc1ccccc1C(=O)OCC(=O)Nc1cc(Cl)c(OC)cc1OC. The predicted octanol–water partition coefficient (Wildman–Crippen LogP) is 3.55. The van der Waals surface area contributed by atoms with Crippen molar-refractivity contribution in [3.05, 3.63) is 47.0 Å². The van der Waals surface area contributed by atoms with Crippen LogP contribution in [0, 0.1) is 0 Å². The van der Waals surface area contributed by atoms with Crippen LogP contribution in [0.2, 0.25) is 5.02 Å². The van der Waals surface area contributed by atoms with E-state index in [-0.39, 0.29) is 5.56 Å². The van der Waals surface area contributed by atoms with Gasteiger partial charge in [-0.1, -0.05) is 23.7 Å². The number of halogens is 1. The Morgan fingerprint density at radius 3 is 2.41 bits per heavy atom. The lowest BCUT2D eigenvalue weighted by Gasteiger charge is -2.13. The maximum Gasteiger partial charge on any atom is 0.342 e. The molecule has 0 spiro atoms. The highest BCUT2D eigenvalue weighted by molar-refractivity contribution is 6.32. The Balaban J connectivity index is 2.03. The smallest absolute Gasteiger partial charge is 0.342 e. The van der Waals surface area contributed by atoms with E-state index < -0.39 is 18.5 Å². The molecule has 0 aliphatic rings. The minimum atomic E-state index is -0.658. The summed E-state index contributed by atoms with van der Waals surface area (Å²) in [6.07, 6.45) is 0. The number of ether oxygens (including phenoxy) is 4. The van der Waals surface area contributed by atoms with Crippen molar-refractivity contribution in [3.63, 3.8) is 0 Å². The predicted molar refractivity (Wildman–Crippen MR) is 101 cm³/mol. The summed E-state index contributed by atoms with van der Waals surface area (Å²) in [4.78, 5) is 24.4. The zero-order chi connectivity index (χ0) is 19.8. The monoisotopic (exact) mass is 393 g/mol. The van der Waals surface area contributed by atoms with Crippen LogP contribution in [0.5, 0.6) is 17.2 Å². The van der Waals surface area contributed by atoms with Crippen LogP contribution < -0.4 is 19.5 Å². The minimum Gasteiger partial charge on any atom is -0.495 e. The Morgan fingerprint density at radius 2 is 1.74 bits per heavy atom. The summed E-state index contributed by atoms with van der Waals surface area (Å²) in [6, 6.07) is 9.69. The lowest BCUT2D eigenvalue weighted by atomic mass is 10.2. The van der Waals surface area contributed by atoms with Gasteiger partial charge in [0.05, 0.1) is 31.5 Å². The molecule has 1 amide bonds. The molecule has 0 atom stereocenters. The van der Waals surface area contributed by atoms with Crippen molar-refractivity contribution in [2.45, 2.75) is 6.92 Å². The van der Waals surface area contributed by atoms with Gasteiger partial charge in [0.15, 0.2) is 6.61 Å². The summed E-state index contributed by atoms with van der Waals surface area (Å²) in [5, 5.41) is 2.89. The summed E-state index contributed by atoms with van der Waals surface area (Å²) in [6.45, 7) is 1.73. The highest BCUT2D eigenvalue weighted by atomic mass is 35.5. The van der Waals surface area contributed by atoms with Crippen LogP contribution in [0.4, 0.5) is 5.69 Å². The molecule has 0 radical (unpaired) electrons. The molecule has 0 aliphatic carbocycles. The fourth-order valence-electron chi connectivity index (χ4n) is 2.27. The normalized spacial score (nSPS) is 10.1. The van der Waals surface area contributed by atoms with Crippen molar-refractivity contribution in [2.24, 2.45) is 0 Å². The average Bonchev–Trinajstić information content (AvgIpc) is 2.67. The minimum absolute atomic E-state index is 0.247. The summed E-state index contributed by atoms with van der Waals surface area (Å²) < 4.78 is 20.8. The Kier molecular flexibility index (Phi) is 7.31. The van der Waals surface area contributed by atoms with Gasteiger partial charge in [-0.15, -0.1) is 0 Å². The van der Waals surface area contributed by atoms with E-state index in [4.69, 9.17) is 30.5 Å². The fourth-order valence-corrected chi connectivity index (χ4v) is 2.51. The molecule has 0 bridgehead atoms. The van der Waals surface area contributed by atoms with Gasteiger partial charge in [-0.25, -0.2) is 4.79 Å². The molecule has 27 heavy (non-hydrogen) atoms. The lowest BCUT2D eigenvalue weighted by molar-refractivity contribution is -0.119. The number of amides is 1. The van der Waals surface area contributed by atoms with Gasteiger partial charge in [0.1, 0.15) is 22.8 Å². The number of rotatable bonds is 8. The van der Waals surface area contributed by atoms with E-state index >= 15 is 0 Å². The molecule has 2 aromatic rings. The van der Waals surface area contributed by atoms with Crippen LogP contribution in [-0.4, -0.2) is 39.3 Å².